The van der Waals surface area contributed by atoms with E-state index < -0.39 is 10.0 Å². The molecule has 0 unspecified atom stereocenters. The van der Waals surface area contributed by atoms with E-state index in [0.29, 0.717) is 11.1 Å². The maximum atomic E-state index is 13.0. The molecule has 0 spiro atoms. The van der Waals surface area contributed by atoms with Gasteiger partial charge in [-0.3, -0.25) is 9.82 Å². The van der Waals surface area contributed by atoms with Crippen molar-refractivity contribution in [3.05, 3.63) is 72.4 Å². The molecule has 0 aliphatic carbocycles. The summed E-state index contributed by atoms with van der Waals surface area (Å²) in [6.45, 7) is 1.78. The van der Waals surface area contributed by atoms with Crippen LogP contribution in [0.1, 0.15) is 5.69 Å². The Balaban J connectivity index is 1.84. The Kier molecular flexibility index (Phi) is 4.25. The fourth-order valence-corrected chi connectivity index (χ4v) is 3.70. The molecule has 2 N–H and O–H groups in total. The predicted octanol–water partition coefficient (Wildman–Crippen LogP) is 3.84. The van der Waals surface area contributed by atoms with Crippen molar-refractivity contribution < 1.29 is 12.8 Å². The van der Waals surface area contributed by atoms with Crippen molar-refractivity contribution in [3.63, 3.8) is 0 Å². The zero-order valence-corrected chi connectivity index (χ0v) is 15.2. The first-order chi connectivity index (χ1) is 13.0. The molecule has 4 rings (SSSR count). The fourth-order valence-electron chi connectivity index (χ4n) is 2.62. The number of aromatic amines is 1. The molecule has 7 nitrogen and oxygen atoms in total. The molecule has 0 saturated carbocycles. The van der Waals surface area contributed by atoms with Crippen molar-refractivity contribution in [2.75, 3.05) is 4.72 Å². The molecular formula is C19H16N4O3S. The molecule has 4 aromatic rings. The molecule has 0 atom stereocenters. The van der Waals surface area contributed by atoms with Crippen molar-refractivity contribution in [3.8, 4) is 22.8 Å². The topological polar surface area (TPSA) is 101 Å². The smallest absolute Gasteiger partial charge is 0.284 e. The minimum Gasteiger partial charge on any atom is -0.435 e. The van der Waals surface area contributed by atoms with Crippen LogP contribution in [0.4, 0.5) is 5.82 Å². The molecule has 0 saturated heterocycles. The van der Waals surface area contributed by atoms with E-state index in [1.807, 2.05) is 36.4 Å². The number of nitrogens with zero attached hydrogens (tertiary/aromatic N) is 2. The Hall–Kier alpha value is -3.39. The number of aryl methyl sites for hydroxylation is 1. The van der Waals surface area contributed by atoms with Gasteiger partial charge < -0.3 is 4.42 Å². The average molecular weight is 380 g/mol. The van der Waals surface area contributed by atoms with Gasteiger partial charge in [0.15, 0.2) is 11.6 Å². The van der Waals surface area contributed by atoms with Crippen LogP contribution in [0.25, 0.3) is 22.8 Å². The average Bonchev–Trinajstić information content (AvgIpc) is 3.30. The van der Waals surface area contributed by atoms with Gasteiger partial charge in [0.05, 0.1) is 0 Å². The lowest BCUT2D eigenvalue weighted by molar-refractivity contribution is 0.581. The van der Waals surface area contributed by atoms with Crippen molar-refractivity contribution in [2.45, 2.75) is 11.9 Å². The molecule has 8 heteroatoms. The van der Waals surface area contributed by atoms with Crippen LogP contribution >= 0.6 is 0 Å². The molecule has 2 heterocycles. The maximum Gasteiger partial charge on any atom is 0.284 e. The SMILES string of the molecule is Cc1cc(NS(=O)(=O)c2nc(-c3ccccc3)oc2-c2ccccc2)n[nH]1. The number of hydrogen-bond acceptors (Lipinski definition) is 5. The summed E-state index contributed by atoms with van der Waals surface area (Å²) in [4.78, 5) is 4.28. The minimum atomic E-state index is -4.00. The first kappa shape index (κ1) is 17.0. The van der Waals surface area contributed by atoms with E-state index in [-0.39, 0.29) is 22.5 Å². The Morgan fingerprint density at radius 1 is 0.963 bits per heavy atom. The van der Waals surface area contributed by atoms with E-state index in [4.69, 9.17) is 4.42 Å². The number of oxazole rings is 1. The van der Waals surface area contributed by atoms with Crippen molar-refractivity contribution in [2.24, 2.45) is 0 Å². The highest BCUT2D eigenvalue weighted by molar-refractivity contribution is 7.92. The van der Waals surface area contributed by atoms with Crippen LogP contribution in [0, 0.1) is 6.92 Å². The van der Waals surface area contributed by atoms with Gasteiger partial charge in [-0.05, 0) is 19.1 Å². The van der Waals surface area contributed by atoms with Crippen LogP contribution in [-0.2, 0) is 10.0 Å². The second-order valence-corrected chi connectivity index (χ2v) is 7.52. The number of anilines is 1. The molecule has 136 valence electrons. The van der Waals surface area contributed by atoms with Crippen molar-refractivity contribution in [1.29, 1.82) is 0 Å². The van der Waals surface area contributed by atoms with E-state index in [2.05, 4.69) is 19.9 Å². The molecule has 2 aromatic carbocycles. The molecule has 0 aliphatic rings. The minimum absolute atomic E-state index is 0.175. The van der Waals surface area contributed by atoms with Crippen LogP contribution < -0.4 is 4.72 Å². The highest BCUT2D eigenvalue weighted by Crippen LogP contribution is 2.33. The summed E-state index contributed by atoms with van der Waals surface area (Å²) in [6.07, 6.45) is 0. The van der Waals surface area contributed by atoms with E-state index in [1.54, 1.807) is 37.3 Å². The van der Waals surface area contributed by atoms with Crippen LogP contribution in [-0.4, -0.2) is 23.6 Å². The molecule has 0 bridgehead atoms. The van der Waals surface area contributed by atoms with Gasteiger partial charge in [0, 0.05) is 22.9 Å². The molecule has 0 amide bonds. The molecule has 27 heavy (non-hydrogen) atoms. The third-order valence-electron chi connectivity index (χ3n) is 3.85. The number of nitrogens with one attached hydrogen (secondary N) is 2. The van der Waals surface area contributed by atoms with E-state index in [0.717, 1.165) is 5.69 Å². The van der Waals surface area contributed by atoms with Crippen molar-refractivity contribution in [1.82, 2.24) is 15.2 Å². The maximum absolute atomic E-state index is 13.0. The monoisotopic (exact) mass is 380 g/mol. The summed E-state index contributed by atoms with van der Waals surface area (Å²) in [5.74, 6) is 0.595. The van der Waals surface area contributed by atoms with Gasteiger partial charge in [0.25, 0.3) is 10.0 Å². The number of rotatable bonds is 5. The van der Waals surface area contributed by atoms with E-state index in [9.17, 15) is 8.42 Å². The van der Waals surface area contributed by atoms with Crippen LogP contribution in [0.5, 0.6) is 0 Å². The molecular weight excluding hydrogens is 364 g/mol. The molecule has 0 radical (unpaired) electrons. The first-order valence-corrected chi connectivity index (χ1v) is 9.68. The Bertz CT molecular complexity index is 1170. The lowest BCUT2D eigenvalue weighted by Gasteiger charge is -2.04. The molecule has 0 fully saturated rings. The first-order valence-electron chi connectivity index (χ1n) is 8.19. The zero-order chi connectivity index (χ0) is 18.9. The van der Waals surface area contributed by atoms with Crippen LogP contribution in [0.3, 0.4) is 0 Å². The fraction of sp³-hybridized carbons (Fsp3) is 0.0526. The summed E-state index contributed by atoms with van der Waals surface area (Å²) >= 11 is 0. The van der Waals surface area contributed by atoms with Gasteiger partial charge in [-0.2, -0.15) is 18.5 Å². The lowest BCUT2D eigenvalue weighted by Crippen LogP contribution is -2.14. The van der Waals surface area contributed by atoms with Crippen LogP contribution in [0.2, 0.25) is 0 Å². The predicted molar refractivity (Wildman–Crippen MR) is 102 cm³/mol. The number of hydrogen-bond donors (Lipinski definition) is 2. The number of aromatic nitrogens is 3. The summed E-state index contributed by atoms with van der Waals surface area (Å²) < 4.78 is 34.2. The quantitative estimate of drug-likeness (QED) is 0.548. The van der Waals surface area contributed by atoms with Crippen molar-refractivity contribution >= 4 is 15.8 Å². The van der Waals surface area contributed by atoms with Gasteiger partial charge in [-0.15, -0.1) is 0 Å². The highest BCUT2D eigenvalue weighted by atomic mass is 32.2. The Morgan fingerprint density at radius 2 is 1.59 bits per heavy atom. The zero-order valence-electron chi connectivity index (χ0n) is 14.4. The number of H-pyrrole nitrogens is 1. The molecule has 2 aromatic heterocycles. The highest BCUT2D eigenvalue weighted by Gasteiger charge is 2.28. The summed E-state index contributed by atoms with van der Waals surface area (Å²) in [5, 5.41) is 6.43. The van der Waals surface area contributed by atoms with E-state index in [1.165, 1.54) is 0 Å². The Labute approximate surface area is 156 Å². The summed E-state index contributed by atoms with van der Waals surface area (Å²) in [6, 6.07) is 19.7. The number of benzene rings is 2. The molecule has 0 aliphatic heterocycles. The van der Waals surface area contributed by atoms with Gasteiger partial charge in [0.2, 0.25) is 10.9 Å². The largest absolute Gasteiger partial charge is 0.435 e. The van der Waals surface area contributed by atoms with Gasteiger partial charge in [-0.1, -0.05) is 48.5 Å². The van der Waals surface area contributed by atoms with Gasteiger partial charge in [-0.25, -0.2) is 0 Å². The Morgan fingerprint density at radius 3 is 2.19 bits per heavy atom. The summed E-state index contributed by atoms with van der Waals surface area (Å²) in [5.41, 5.74) is 2.04. The van der Waals surface area contributed by atoms with Gasteiger partial charge in [0.1, 0.15) is 0 Å². The normalized spacial score (nSPS) is 11.4. The van der Waals surface area contributed by atoms with Gasteiger partial charge >= 0.3 is 0 Å². The summed E-state index contributed by atoms with van der Waals surface area (Å²) in [7, 11) is -4.00. The third kappa shape index (κ3) is 3.47. The van der Waals surface area contributed by atoms with E-state index >= 15 is 0 Å². The standard InChI is InChI=1S/C19H16N4O3S/c1-13-12-16(22-21-13)23-27(24,25)19-17(14-8-4-2-5-9-14)26-18(20-19)15-10-6-3-7-11-15/h2-12H,1H3,(H2,21,22,23). The third-order valence-corrected chi connectivity index (χ3v) is 5.12. The van der Waals surface area contributed by atoms with Crippen LogP contribution in [0.15, 0.2) is 76.2 Å². The second kappa shape index (κ2) is 6.73. The second-order valence-electron chi connectivity index (χ2n) is 5.93. The lowest BCUT2D eigenvalue weighted by atomic mass is 10.2. The number of sulfonamides is 1.